The molecule has 2 aromatic rings. The van der Waals surface area contributed by atoms with Gasteiger partial charge in [-0.05, 0) is 18.2 Å². The number of rotatable bonds is 5. The molecule has 2 aromatic heterocycles. The summed E-state index contributed by atoms with van der Waals surface area (Å²) in [5, 5.41) is 3.55. The van der Waals surface area contributed by atoms with Crippen molar-refractivity contribution in [3.05, 3.63) is 42.9 Å². The molecular formula is C21H31N9. The molecule has 0 radical (unpaired) electrons. The highest BCUT2D eigenvalue weighted by Crippen LogP contribution is 2.12. The number of piperazine rings is 2. The van der Waals surface area contributed by atoms with Crippen molar-refractivity contribution in [2.75, 3.05) is 82.3 Å². The molecular weight excluding hydrogens is 378 g/mol. The van der Waals surface area contributed by atoms with Gasteiger partial charge in [-0.25, -0.2) is 15.0 Å². The van der Waals surface area contributed by atoms with Crippen LogP contribution in [-0.4, -0.2) is 103 Å². The second-order valence-corrected chi connectivity index (χ2v) is 7.51. The first-order chi connectivity index (χ1) is 14.8. The third-order valence-corrected chi connectivity index (χ3v) is 5.68. The number of nitrogens with one attached hydrogen (secondary N) is 1. The first kappa shape index (κ1) is 20.3. The fourth-order valence-electron chi connectivity index (χ4n) is 3.97. The lowest BCUT2D eigenvalue weighted by Gasteiger charge is -2.37. The molecule has 0 aromatic carbocycles. The molecule has 0 aliphatic carbocycles. The molecule has 4 heterocycles. The Balaban J connectivity index is 1.17. The van der Waals surface area contributed by atoms with E-state index in [1.54, 1.807) is 12.4 Å². The second kappa shape index (κ2) is 10.2. The van der Waals surface area contributed by atoms with Crippen molar-refractivity contribution in [1.82, 2.24) is 30.1 Å². The van der Waals surface area contributed by atoms with Crippen molar-refractivity contribution in [2.24, 2.45) is 4.99 Å². The summed E-state index contributed by atoms with van der Waals surface area (Å²) in [6.07, 6.45) is 5.47. The Morgan fingerprint density at radius 3 is 2.23 bits per heavy atom. The minimum atomic E-state index is 0.834. The Bertz CT molecular complexity index is 783. The van der Waals surface area contributed by atoms with Gasteiger partial charge < -0.3 is 20.0 Å². The minimum Gasteiger partial charge on any atom is -0.355 e. The van der Waals surface area contributed by atoms with E-state index < -0.39 is 0 Å². The topological polar surface area (TPSA) is 76.0 Å². The molecule has 0 amide bonds. The standard InChI is InChI=1S/C21H31N9/c1-22-20(29-17-15-28(16-18-29)19-5-2-3-6-23-19)26-9-10-27-11-13-30(14-12-27)21-24-7-4-8-25-21/h2-8H,9-18H2,1H3,(H,22,26). The number of hydrogen-bond acceptors (Lipinski definition) is 7. The van der Waals surface area contributed by atoms with Crippen molar-refractivity contribution < 1.29 is 0 Å². The van der Waals surface area contributed by atoms with Gasteiger partial charge in [0, 0.05) is 91.1 Å². The number of pyridine rings is 1. The summed E-state index contributed by atoms with van der Waals surface area (Å²) in [6, 6.07) is 7.94. The van der Waals surface area contributed by atoms with Crippen molar-refractivity contribution in [3.8, 4) is 0 Å². The number of guanidine groups is 1. The zero-order chi connectivity index (χ0) is 20.6. The molecule has 0 bridgehead atoms. The summed E-state index contributed by atoms with van der Waals surface area (Å²) in [4.78, 5) is 27.1. The van der Waals surface area contributed by atoms with Crippen molar-refractivity contribution in [1.29, 1.82) is 0 Å². The van der Waals surface area contributed by atoms with Crippen LogP contribution in [0.15, 0.2) is 47.8 Å². The van der Waals surface area contributed by atoms with E-state index in [-0.39, 0.29) is 0 Å². The van der Waals surface area contributed by atoms with Gasteiger partial charge in [-0.15, -0.1) is 0 Å². The molecule has 2 saturated heterocycles. The van der Waals surface area contributed by atoms with E-state index in [1.807, 2.05) is 31.4 Å². The van der Waals surface area contributed by atoms with Gasteiger partial charge >= 0.3 is 0 Å². The Morgan fingerprint density at radius 2 is 1.57 bits per heavy atom. The molecule has 2 aliphatic heterocycles. The van der Waals surface area contributed by atoms with E-state index in [0.717, 1.165) is 83.2 Å². The molecule has 1 N–H and O–H groups in total. The smallest absolute Gasteiger partial charge is 0.225 e. The highest BCUT2D eigenvalue weighted by molar-refractivity contribution is 5.80. The quantitative estimate of drug-likeness (QED) is 0.562. The van der Waals surface area contributed by atoms with E-state index in [2.05, 4.69) is 50.9 Å². The lowest BCUT2D eigenvalue weighted by molar-refractivity contribution is 0.258. The van der Waals surface area contributed by atoms with Crippen LogP contribution in [0, 0.1) is 0 Å². The fourth-order valence-corrected chi connectivity index (χ4v) is 3.97. The maximum absolute atomic E-state index is 4.50. The average molecular weight is 410 g/mol. The van der Waals surface area contributed by atoms with Crippen LogP contribution >= 0.6 is 0 Å². The predicted octanol–water partition coefficient (Wildman–Crippen LogP) is 0.391. The van der Waals surface area contributed by atoms with Crippen LogP contribution in [0.4, 0.5) is 11.8 Å². The van der Waals surface area contributed by atoms with E-state index in [1.165, 1.54) is 0 Å². The number of aliphatic imine (C=N–C) groups is 1. The first-order valence-corrected chi connectivity index (χ1v) is 10.7. The normalized spacial score (nSPS) is 18.6. The molecule has 4 rings (SSSR count). The van der Waals surface area contributed by atoms with Crippen LogP contribution in [0.5, 0.6) is 0 Å². The fraction of sp³-hybridized carbons (Fsp3) is 0.524. The van der Waals surface area contributed by atoms with Gasteiger partial charge in [-0.1, -0.05) is 6.07 Å². The summed E-state index contributed by atoms with van der Waals surface area (Å²) in [7, 11) is 1.87. The summed E-state index contributed by atoms with van der Waals surface area (Å²) in [6.45, 7) is 9.72. The first-order valence-electron chi connectivity index (χ1n) is 10.7. The number of nitrogens with zero attached hydrogens (tertiary/aromatic N) is 8. The van der Waals surface area contributed by atoms with Gasteiger partial charge in [0.1, 0.15) is 5.82 Å². The summed E-state index contributed by atoms with van der Waals surface area (Å²) < 4.78 is 0. The van der Waals surface area contributed by atoms with E-state index in [0.29, 0.717) is 0 Å². The van der Waals surface area contributed by atoms with Gasteiger partial charge in [0.15, 0.2) is 5.96 Å². The van der Waals surface area contributed by atoms with E-state index in [9.17, 15) is 0 Å². The molecule has 0 spiro atoms. The summed E-state index contributed by atoms with van der Waals surface area (Å²) >= 11 is 0. The van der Waals surface area contributed by atoms with Gasteiger partial charge in [-0.3, -0.25) is 9.89 Å². The molecule has 9 heteroatoms. The van der Waals surface area contributed by atoms with Crippen molar-refractivity contribution in [2.45, 2.75) is 0 Å². The van der Waals surface area contributed by atoms with E-state index in [4.69, 9.17) is 0 Å². The van der Waals surface area contributed by atoms with Crippen LogP contribution in [-0.2, 0) is 0 Å². The zero-order valence-corrected chi connectivity index (χ0v) is 17.7. The van der Waals surface area contributed by atoms with Crippen LogP contribution in [0.2, 0.25) is 0 Å². The van der Waals surface area contributed by atoms with E-state index >= 15 is 0 Å². The van der Waals surface area contributed by atoms with Crippen molar-refractivity contribution in [3.63, 3.8) is 0 Å². The highest BCUT2D eigenvalue weighted by Gasteiger charge is 2.21. The molecule has 0 unspecified atom stereocenters. The molecule has 30 heavy (non-hydrogen) atoms. The van der Waals surface area contributed by atoms with Gasteiger partial charge in [0.05, 0.1) is 0 Å². The number of anilines is 2. The average Bonchev–Trinajstić information content (AvgIpc) is 2.84. The van der Waals surface area contributed by atoms with Crippen molar-refractivity contribution >= 4 is 17.7 Å². The third-order valence-electron chi connectivity index (χ3n) is 5.68. The Morgan fingerprint density at radius 1 is 0.867 bits per heavy atom. The molecule has 2 fully saturated rings. The lowest BCUT2D eigenvalue weighted by atomic mass is 10.3. The third kappa shape index (κ3) is 5.15. The SMILES string of the molecule is CN=C(NCCN1CCN(c2ncccn2)CC1)N1CCN(c2ccccn2)CC1. The lowest BCUT2D eigenvalue weighted by Crippen LogP contribution is -2.54. The van der Waals surface area contributed by atoms with Crippen LogP contribution < -0.4 is 15.1 Å². The largest absolute Gasteiger partial charge is 0.355 e. The van der Waals surface area contributed by atoms with Gasteiger partial charge in [0.2, 0.25) is 5.95 Å². The van der Waals surface area contributed by atoms with Crippen LogP contribution in [0.3, 0.4) is 0 Å². The maximum atomic E-state index is 4.50. The Labute approximate surface area is 178 Å². The zero-order valence-electron chi connectivity index (χ0n) is 17.7. The molecule has 2 aliphatic rings. The maximum Gasteiger partial charge on any atom is 0.225 e. The number of aromatic nitrogens is 3. The summed E-state index contributed by atoms with van der Waals surface area (Å²) in [5.41, 5.74) is 0. The predicted molar refractivity (Wildman–Crippen MR) is 120 cm³/mol. The Kier molecular flexibility index (Phi) is 6.91. The molecule has 0 atom stereocenters. The van der Waals surface area contributed by atoms with Gasteiger partial charge in [-0.2, -0.15) is 0 Å². The molecule has 9 nitrogen and oxygen atoms in total. The minimum absolute atomic E-state index is 0.834. The van der Waals surface area contributed by atoms with Crippen LogP contribution in [0.1, 0.15) is 0 Å². The Hall–Kier alpha value is -2.94. The van der Waals surface area contributed by atoms with Crippen LogP contribution in [0.25, 0.3) is 0 Å². The number of hydrogen-bond donors (Lipinski definition) is 1. The summed E-state index contributed by atoms with van der Waals surface area (Å²) in [5.74, 6) is 2.88. The monoisotopic (exact) mass is 409 g/mol. The highest BCUT2D eigenvalue weighted by atomic mass is 15.4. The molecule has 0 saturated carbocycles. The van der Waals surface area contributed by atoms with Gasteiger partial charge in [0.25, 0.3) is 0 Å². The molecule has 160 valence electrons. The second-order valence-electron chi connectivity index (χ2n) is 7.51.